The van der Waals surface area contributed by atoms with E-state index in [1.807, 2.05) is 6.92 Å². The molecule has 0 aromatic carbocycles. The molecule has 2 rings (SSSR count). The molecule has 0 saturated carbocycles. The zero-order chi connectivity index (χ0) is 11.5. The van der Waals surface area contributed by atoms with E-state index in [9.17, 15) is 4.79 Å². The Morgan fingerprint density at radius 2 is 2.25 bits per heavy atom. The van der Waals surface area contributed by atoms with Crippen LogP contribution in [0.1, 0.15) is 17.4 Å². The Balaban J connectivity index is 2.13. The fourth-order valence-corrected chi connectivity index (χ4v) is 1.82. The largest absolute Gasteiger partial charge is 0.384 e. The number of hydrogen-bond donors (Lipinski definition) is 2. The smallest absolute Gasteiger partial charge is 0.274 e. The number of carbonyl (C=O) groups is 1. The third-order valence-corrected chi connectivity index (χ3v) is 2.73. The summed E-state index contributed by atoms with van der Waals surface area (Å²) in [5.74, 6) is 0.515. The first kappa shape index (κ1) is 10.9. The van der Waals surface area contributed by atoms with Gasteiger partial charge >= 0.3 is 0 Å². The fourth-order valence-electron chi connectivity index (χ4n) is 1.82. The molecule has 1 amide bonds. The molecule has 0 radical (unpaired) electrons. The number of nitrogens with two attached hydrogens (primary N) is 1. The van der Waals surface area contributed by atoms with E-state index in [0.29, 0.717) is 18.1 Å². The summed E-state index contributed by atoms with van der Waals surface area (Å²) in [5, 5.41) is 7.39. The van der Waals surface area contributed by atoms with Crippen LogP contribution in [0.5, 0.6) is 0 Å². The molecule has 0 bridgehead atoms. The van der Waals surface area contributed by atoms with Gasteiger partial charge in [0.05, 0.1) is 0 Å². The van der Waals surface area contributed by atoms with Crippen molar-refractivity contribution in [3.05, 3.63) is 11.8 Å². The summed E-state index contributed by atoms with van der Waals surface area (Å²) in [6.45, 7) is 5.78. The number of anilines is 1. The van der Waals surface area contributed by atoms with Crippen molar-refractivity contribution in [1.29, 1.82) is 0 Å². The second-order valence-electron chi connectivity index (χ2n) is 3.81. The SMILES string of the molecule is CCn1nc(C(=O)N2CCNCC2)cc1N. The monoisotopic (exact) mass is 223 g/mol. The van der Waals surface area contributed by atoms with Crippen LogP contribution in [0.25, 0.3) is 0 Å². The minimum absolute atomic E-state index is 0.0274. The van der Waals surface area contributed by atoms with Crippen molar-refractivity contribution in [3.63, 3.8) is 0 Å². The van der Waals surface area contributed by atoms with E-state index in [1.54, 1.807) is 15.6 Å². The Morgan fingerprint density at radius 1 is 1.56 bits per heavy atom. The number of carbonyl (C=O) groups excluding carboxylic acids is 1. The second kappa shape index (κ2) is 4.52. The minimum Gasteiger partial charge on any atom is -0.384 e. The summed E-state index contributed by atoms with van der Waals surface area (Å²) in [6.07, 6.45) is 0. The number of nitrogens with one attached hydrogen (secondary N) is 1. The molecular weight excluding hydrogens is 206 g/mol. The number of hydrogen-bond acceptors (Lipinski definition) is 4. The van der Waals surface area contributed by atoms with E-state index in [-0.39, 0.29) is 5.91 Å². The van der Waals surface area contributed by atoms with Crippen molar-refractivity contribution in [1.82, 2.24) is 20.0 Å². The molecule has 88 valence electrons. The molecule has 6 heteroatoms. The molecule has 1 aliphatic heterocycles. The molecule has 1 aliphatic rings. The van der Waals surface area contributed by atoms with Gasteiger partial charge in [-0.3, -0.25) is 4.79 Å². The van der Waals surface area contributed by atoms with E-state index in [4.69, 9.17) is 5.73 Å². The van der Waals surface area contributed by atoms with Gasteiger partial charge in [-0.2, -0.15) is 5.10 Å². The number of aryl methyl sites for hydroxylation is 1. The summed E-state index contributed by atoms with van der Waals surface area (Å²) in [5.41, 5.74) is 6.18. The van der Waals surface area contributed by atoms with Crippen LogP contribution in [0.15, 0.2) is 6.07 Å². The molecule has 16 heavy (non-hydrogen) atoms. The van der Waals surface area contributed by atoms with Crippen molar-refractivity contribution in [2.75, 3.05) is 31.9 Å². The molecule has 0 atom stereocenters. The molecule has 1 saturated heterocycles. The molecular formula is C10H17N5O. The maximum Gasteiger partial charge on any atom is 0.274 e. The average Bonchev–Trinajstić information content (AvgIpc) is 2.71. The molecule has 0 spiro atoms. The molecule has 2 heterocycles. The van der Waals surface area contributed by atoms with Gasteiger partial charge in [0.1, 0.15) is 5.82 Å². The number of nitrogen functional groups attached to an aromatic ring is 1. The zero-order valence-corrected chi connectivity index (χ0v) is 9.44. The van der Waals surface area contributed by atoms with E-state index in [1.165, 1.54) is 0 Å². The maximum absolute atomic E-state index is 12.0. The quantitative estimate of drug-likeness (QED) is 0.710. The number of rotatable bonds is 2. The van der Waals surface area contributed by atoms with E-state index in [0.717, 1.165) is 26.2 Å². The van der Waals surface area contributed by atoms with Crippen LogP contribution in [0.4, 0.5) is 5.82 Å². The van der Waals surface area contributed by atoms with Gasteiger partial charge in [-0.15, -0.1) is 0 Å². The first-order valence-corrected chi connectivity index (χ1v) is 5.55. The van der Waals surface area contributed by atoms with Crippen LogP contribution >= 0.6 is 0 Å². The van der Waals surface area contributed by atoms with E-state index in [2.05, 4.69) is 10.4 Å². The lowest BCUT2D eigenvalue weighted by Crippen LogP contribution is -2.46. The van der Waals surface area contributed by atoms with E-state index < -0.39 is 0 Å². The molecule has 0 aliphatic carbocycles. The van der Waals surface area contributed by atoms with Crippen LogP contribution in [0.3, 0.4) is 0 Å². The Morgan fingerprint density at radius 3 is 2.81 bits per heavy atom. The first-order valence-electron chi connectivity index (χ1n) is 5.55. The summed E-state index contributed by atoms with van der Waals surface area (Å²) in [4.78, 5) is 13.9. The number of aromatic nitrogens is 2. The topological polar surface area (TPSA) is 76.2 Å². The average molecular weight is 223 g/mol. The fraction of sp³-hybridized carbons (Fsp3) is 0.600. The summed E-state index contributed by atoms with van der Waals surface area (Å²) in [6, 6.07) is 1.65. The van der Waals surface area contributed by atoms with Crippen LogP contribution in [-0.2, 0) is 6.54 Å². The zero-order valence-electron chi connectivity index (χ0n) is 9.44. The van der Waals surface area contributed by atoms with Gasteiger partial charge in [-0.1, -0.05) is 0 Å². The normalized spacial score (nSPS) is 16.4. The van der Waals surface area contributed by atoms with Crippen LogP contribution in [-0.4, -0.2) is 46.8 Å². The van der Waals surface area contributed by atoms with Crippen LogP contribution in [0.2, 0.25) is 0 Å². The molecule has 1 aromatic rings. The summed E-state index contributed by atoms with van der Waals surface area (Å²) in [7, 11) is 0. The Labute approximate surface area is 94.4 Å². The number of amides is 1. The van der Waals surface area contributed by atoms with Gasteiger partial charge in [0.15, 0.2) is 5.69 Å². The maximum atomic E-state index is 12.0. The van der Waals surface area contributed by atoms with Crippen molar-refractivity contribution in [3.8, 4) is 0 Å². The highest BCUT2D eigenvalue weighted by molar-refractivity contribution is 5.93. The third kappa shape index (κ3) is 2.01. The van der Waals surface area contributed by atoms with Gasteiger partial charge in [0, 0.05) is 38.8 Å². The van der Waals surface area contributed by atoms with Crippen LogP contribution in [0, 0.1) is 0 Å². The highest BCUT2D eigenvalue weighted by Gasteiger charge is 2.20. The molecule has 1 aromatic heterocycles. The predicted octanol–water partition coefficient (Wildman–Crippen LogP) is -0.469. The molecule has 3 N–H and O–H groups in total. The third-order valence-electron chi connectivity index (χ3n) is 2.73. The lowest BCUT2D eigenvalue weighted by atomic mass is 10.3. The molecule has 6 nitrogen and oxygen atoms in total. The van der Waals surface area contributed by atoms with Crippen molar-refractivity contribution >= 4 is 11.7 Å². The lowest BCUT2D eigenvalue weighted by Gasteiger charge is -2.26. The van der Waals surface area contributed by atoms with Gasteiger partial charge < -0.3 is 16.0 Å². The lowest BCUT2D eigenvalue weighted by molar-refractivity contribution is 0.0729. The van der Waals surface area contributed by atoms with Crippen molar-refractivity contribution < 1.29 is 4.79 Å². The van der Waals surface area contributed by atoms with Gasteiger partial charge in [-0.25, -0.2) is 4.68 Å². The summed E-state index contributed by atoms with van der Waals surface area (Å²) < 4.78 is 1.63. The minimum atomic E-state index is -0.0274. The highest BCUT2D eigenvalue weighted by atomic mass is 16.2. The Hall–Kier alpha value is -1.56. The first-order chi connectivity index (χ1) is 7.72. The number of piperazine rings is 1. The van der Waals surface area contributed by atoms with E-state index >= 15 is 0 Å². The summed E-state index contributed by atoms with van der Waals surface area (Å²) >= 11 is 0. The van der Waals surface area contributed by atoms with Gasteiger partial charge in [0.25, 0.3) is 5.91 Å². The van der Waals surface area contributed by atoms with Crippen molar-refractivity contribution in [2.45, 2.75) is 13.5 Å². The second-order valence-corrected chi connectivity index (χ2v) is 3.81. The van der Waals surface area contributed by atoms with Gasteiger partial charge in [0.2, 0.25) is 0 Å². The molecule has 1 fully saturated rings. The number of nitrogens with zero attached hydrogens (tertiary/aromatic N) is 3. The van der Waals surface area contributed by atoms with Gasteiger partial charge in [-0.05, 0) is 6.92 Å². The standard InChI is InChI=1S/C10H17N5O/c1-2-15-9(11)7-8(13-15)10(16)14-5-3-12-4-6-14/h7,12H,2-6,11H2,1H3. The Kier molecular flexibility index (Phi) is 3.09. The Bertz CT molecular complexity index is 381. The van der Waals surface area contributed by atoms with Crippen LogP contribution < -0.4 is 11.1 Å². The van der Waals surface area contributed by atoms with Crippen molar-refractivity contribution in [2.24, 2.45) is 0 Å². The highest BCUT2D eigenvalue weighted by Crippen LogP contribution is 2.09. The predicted molar refractivity (Wildman–Crippen MR) is 61.1 cm³/mol. The molecule has 0 unspecified atom stereocenters.